The van der Waals surface area contributed by atoms with Crippen molar-refractivity contribution < 1.29 is 0 Å². The van der Waals surface area contributed by atoms with E-state index in [1.165, 1.54) is 42.7 Å². The van der Waals surface area contributed by atoms with E-state index in [0.29, 0.717) is 0 Å². The van der Waals surface area contributed by atoms with Gasteiger partial charge in [0.15, 0.2) is 0 Å². The molecule has 2 unspecified atom stereocenters. The summed E-state index contributed by atoms with van der Waals surface area (Å²) in [7, 11) is 2.19. The second-order valence-corrected chi connectivity index (χ2v) is 7.47. The zero-order chi connectivity index (χ0) is 10.9. The number of hydrogen-bond donors (Lipinski definition) is 0. The van der Waals surface area contributed by atoms with E-state index in [4.69, 9.17) is 0 Å². The highest BCUT2D eigenvalue weighted by atomic mass is 32.0. The minimum atomic E-state index is 1.04. The Morgan fingerprint density at radius 2 is 1.73 bits per heavy atom. The first kappa shape index (κ1) is 13.1. The Kier molecular flexibility index (Phi) is 7.24. The summed E-state index contributed by atoms with van der Waals surface area (Å²) in [5.41, 5.74) is 1.37. The van der Waals surface area contributed by atoms with E-state index in [-0.39, 0.29) is 0 Å². The van der Waals surface area contributed by atoms with Crippen molar-refractivity contribution in [1.82, 2.24) is 0 Å². The van der Waals surface area contributed by atoms with Crippen LogP contribution >= 0.6 is 16.5 Å². The summed E-state index contributed by atoms with van der Waals surface area (Å²) in [4.78, 5) is 0. The summed E-state index contributed by atoms with van der Waals surface area (Å²) in [6.07, 6.45) is 7.07. The zero-order valence-corrected chi connectivity index (χ0v) is 11.8. The van der Waals surface area contributed by atoms with E-state index >= 15 is 0 Å². The highest BCUT2D eigenvalue weighted by Crippen LogP contribution is 2.36. The minimum absolute atomic E-state index is 1.04. The Labute approximate surface area is 97.7 Å². The molecule has 0 nitrogen and oxygen atoms in total. The lowest BCUT2D eigenvalue weighted by molar-refractivity contribution is 0.706. The number of hydrogen-bond acceptors (Lipinski definition) is 0. The molecule has 0 aromatic heterocycles. The van der Waals surface area contributed by atoms with Crippen LogP contribution in [0.5, 0.6) is 0 Å². The van der Waals surface area contributed by atoms with Gasteiger partial charge in [-0.15, -0.1) is 0 Å². The van der Waals surface area contributed by atoms with Gasteiger partial charge in [-0.25, -0.2) is 0 Å². The number of unbranched alkanes of at least 4 members (excludes halogenated alkanes) is 3. The standard InChI is InChI=1S/C13H22P2/c1-3-4-5-6-11-14-15-13-9-7-12(2)8-10-13/h7-10,14-15H,3-6,11H2,1-2H3. The average Bonchev–Trinajstić information content (AvgIpc) is 2.26. The van der Waals surface area contributed by atoms with Gasteiger partial charge in [0.05, 0.1) is 0 Å². The Hall–Kier alpha value is 0.0800. The SMILES string of the molecule is CCCCCCPPc1ccc(C)cc1. The van der Waals surface area contributed by atoms with Crippen molar-refractivity contribution in [2.75, 3.05) is 6.16 Å². The molecule has 0 aliphatic rings. The van der Waals surface area contributed by atoms with E-state index in [1.54, 1.807) is 0 Å². The fourth-order valence-corrected chi connectivity index (χ4v) is 4.55. The average molecular weight is 240 g/mol. The van der Waals surface area contributed by atoms with Crippen molar-refractivity contribution in [3.05, 3.63) is 29.8 Å². The third kappa shape index (κ3) is 6.29. The predicted octanol–water partition coefficient (Wildman–Crippen LogP) is 4.47. The molecule has 84 valence electrons. The van der Waals surface area contributed by atoms with Crippen LogP contribution < -0.4 is 5.30 Å². The van der Waals surface area contributed by atoms with Crippen molar-refractivity contribution in [3.8, 4) is 0 Å². The molecular weight excluding hydrogens is 218 g/mol. The predicted molar refractivity (Wildman–Crippen MR) is 76.5 cm³/mol. The van der Waals surface area contributed by atoms with E-state index in [0.717, 1.165) is 16.5 Å². The molecule has 15 heavy (non-hydrogen) atoms. The molecule has 1 aromatic carbocycles. The highest BCUT2D eigenvalue weighted by molar-refractivity contribution is 8.15. The Balaban J connectivity index is 2.07. The molecule has 0 saturated carbocycles. The first-order valence-corrected chi connectivity index (χ1v) is 9.09. The summed E-state index contributed by atoms with van der Waals surface area (Å²) < 4.78 is 0. The molecule has 0 saturated heterocycles. The maximum atomic E-state index is 2.28. The molecule has 0 N–H and O–H groups in total. The summed E-state index contributed by atoms with van der Waals surface area (Å²) in [6.45, 7) is 4.43. The molecule has 1 rings (SSSR count). The van der Waals surface area contributed by atoms with E-state index in [2.05, 4.69) is 38.1 Å². The molecule has 0 spiro atoms. The maximum absolute atomic E-state index is 2.28. The number of aryl methyl sites for hydroxylation is 1. The van der Waals surface area contributed by atoms with E-state index in [1.807, 2.05) is 0 Å². The van der Waals surface area contributed by atoms with Gasteiger partial charge in [-0.1, -0.05) is 72.6 Å². The second-order valence-electron chi connectivity index (χ2n) is 3.98. The molecule has 0 bridgehead atoms. The third-order valence-corrected chi connectivity index (χ3v) is 5.99. The minimum Gasteiger partial charge on any atom is -0.0946 e. The van der Waals surface area contributed by atoms with Gasteiger partial charge in [-0.2, -0.15) is 0 Å². The van der Waals surface area contributed by atoms with Crippen molar-refractivity contribution in [2.24, 2.45) is 0 Å². The van der Waals surface area contributed by atoms with Crippen LogP contribution in [0.15, 0.2) is 24.3 Å². The van der Waals surface area contributed by atoms with Crippen LogP contribution in [0.1, 0.15) is 38.2 Å². The van der Waals surface area contributed by atoms with Crippen LogP contribution in [0, 0.1) is 6.92 Å². The lowest BCUT2D eigenvalue weighted by Gasteiger charge is -2.02. The Morgan fingerprint density at radius 3 is 2.40 bits per heavy atom. The molecule has 0 heterocycles. The van der Waals surface area contributed by atoms with Crippen LogP contribution in [-0.2, 0) is 0 Å². The fourth-order valence-electron chi connectivity index (χ4n) is 1.44. The largest absolute Gasteiger partial charge is 0.0946 e. The maximum Gasteiger partial charge on any atom is -0.0230 e. The van der Waals surface area contributed by atoms with Crippen LogP contribution in [0.25, 0.3) is 0 Å². The van der Waals surface area contributed by atoms with Crippen LogP contribution in [0.3, 0.4) is 0 Å². The molecule has 2 atom stereocenters. The monoisotopic (exact) mass is 240 g/mol. The van der Waals surface area contributed by atoms with Crippen LogP contribution in [0.4, 0.5) is 0 Å². The molecule has 0 radical (unpaired) electrons. The third-order valence-electron chi connectivity index (χ3n) is 2.44. The molecule has 2 heteroatoms. The van der Waals surface area contributed by atoms with Crippen molar-refractivity contribution in [2.45, 2.75) is 39.5 Å². The topological polar surface area (TPSA) is 0 Å². The summed E-state index contributed by atoms with van der Waals surface area (Å²) in [5, 5.41) is 1.54. The van der Waals surface area contributed by atoms with Gasteiger partial charge in [-0.05, 0) is 24.8 Å². The smallest absolute Gasteiger partial charge is 0.0230 e. The lowest BCUT2D eigenvalue weighted by atomic mass is 10.2. The normalized spacial score (nSPS) is 12.1. The summed E-state index contributed by atoms with van der Waals surface area (Å²) in [5.74, 6) is 0. The number of benzene rings is 1. The fraction of sp³-hybridized carbons (Fsp3) is 0.538. The first-order valence-electron chi connectivity index (χ1n) is 5.88. The molecule has 0 aliphatic heterocycles. The van der Waals surface area contributed by atoms with Gasteiger partial charge in [0.2, 0.25) is 0 Å². The highest BCUT2D eigenvalue weighted by Gasteiger charge is 1.93. The molecular formula is C13H22P2. The van der Waals surface area contributed by atoms with Gasteiger partial charge in [0, 0.05) is 0 Å². The van der Waals surface area contributed by atoms with Gasteiger partial charge in [-0.3, -0.25) is 0 Å². The zero-order valence-electron chi connectivity index (χ0n) is 9.84. The molecule has 0 amide bonds. The van der Waals surface area contributed by atoms with E-state index < -0.39 is 0 Å². The van der Waals surface area contributed by atoms with Gasteiger partial charge in [0.25, 0.3) is 0 Å². The van der Waals surface area contributed by atoms with Crippen molar-refractivity contribution in [3.63, 3.8) is 0 Å². The van der Waals surface area contributed by atoms with Crippen LogP contribution in [-0.4, -0.2) is 6.16 Å². The van der Waals surface area contributed by atoms with Crippen molar-refractivity contribution in [1.29, 1.82) is 0 Å². The van der Waals surface area contributed by atoms with Gasteiger partial charge < -0.3 is 0 Å². The molecule has 0 aliphatic carbocycles. The van der Waals surface area contributed by atoms with Crippen LogP contribution in [0.2, 0.25) is 0 Å². The lowest BCUT2D eigenvalue weighted by Crippen LogP contribution is -1.90. The quantitative estimate of drug-likeness (QED) is 0.487. The van der Waals surface area contributed by atoms with Gasteiger partial charge >= 0.3 is 0 Å². The van der Waals surface area contributed by atoms with E-state index in [9.17, 15) is 0 Å². The van der Waals surface area contributed by atoms with Gasteiger partial charge in [0.1, 0.15) is 0 Å². The second kappa shape index (κ2) is 8.26. The number of rotatable bonds is 7. The first-order chi connectivity index (χ1) is 7.33. The summed E-state index contributed by atoms with van der Waals surface area (Å²) in [6, 6.07) is 9.02. The van der Waals surface area contributed by atoms with Crippen molar-refractivity contribution >= 4 is 21.8 Å². The Bertz CT molecular complexity index is 254. The molecule has 1 aromatic rings. The summed E-state index contributed by atoms with van der Waals surface area (Å²) >= 11 is 0. The molecule has 0 fully saturated rings. The Morgan fingerprint density at radius 1 is 1.00 bits per heavy atom.